The number of diazo groups is 1. The van der Waals surface area contributed by atoms with Gasteiger partial charge in [-0.3, -0.25) is 4.55 Å². The highest BCUT2D eigenvalue weighted by molar-refractivity contribution is 7.79. The lowest BCUT2D eigenvalue weighted by Crippen LogP contribution is -2.02. The number of nitrogens with zero attached hydrogens (tertiary/aromatic N) is 2. The predicted octanol–water partition coefficient (Wildman–Crippen LogP) is 3.22. The van der Waals surface area contributed by atoms with E-state index in [1.54, 1.807) is 12.1 Å². The topological polar surface area (TPSA) is 118 Å². The van der Waals surface area contributed by atoms with Crippen LogP contribution in [0.25, 0.3) is 4.98 Å². The van der Waals surface area contributed by atoms with E-state index in [9.17, 15) is 0 Å². The molecule has 0 unspecified atom stereocenters. The van der Waals surface area contributed by atoms with Crippen molar-refractivity contribution in [2.75, 3.05) is 11.9 Å². The highest BCUT2D eigenvalue weighted by Gasteiger charge is 2.01. The Morgan fingerprint density at radius 2 is 1.65 bits per heavy atom. The maximum absolute atomic E-state index is 8.63. The van der Waals surface area contributed by atoms with Crippen molar-refractivity contribution < 1.29 is 17.5 Å². The largest absolute Gasteiger partial charge is 0.726 e. The number of rotatable bonds is 5. The van der Waals surface area contributed by atoms with E-state index >= 15 is 0 Å². The average Bonchev–Trinajstić information content (AvgIpc) is 2.52. The van der Waals surface area contributed by atoms with Gasteiger partial charge in [-0.2, -0.15) is 0 Å². The minimum atomic E-state index is -4.92. The van der Waals surface area contributed by atoms with Crippen LogP contribution < -0.4 is 5.32 Å². The summed E-state index contributed by atoms with van der Waals surface area (Å²) in [6.07, 6.45) is 2.17. The Bertz CT molecular complexity index is 718. The quantitative estimate of drug-likeness (QED) is 0.375. The first kappa shape index (κ1) is 18.6. The average molecular weight is 335 g/mol. The first-order chi connectivity index (χ1) is 10.9. The molecule has 0 aliphatic rings. The van der Waals surface area contributed by atoms with Gasteiger partial charge in [-0.15, -0.1) is 0 Å². The Morgan fingerprint density at radius 1 is 1.09 bits per heavy atom. The molecule has 0 spiro atoms. The van der Waals surface area contributed by atoms with E-state index < -0.39 is 10.4 Å². The van der Waals surface area contributed by atoms with Crippen molar-refractivity contribution in [3.05, 3.63) is 65.1 Å². The maximum atomic E-state index is 8.63. The molecule has 122 valence electrons. The molecule has 0 amide bonds. The van der Waals surface area contributed by atoms with Crippen molar-refractivity contribution in [1.29, 1.82) is 5.39 Å². The van der Waals surface area contributed by atoms with Gasteiger partial charge in [-0.25, -0.2) is 8.42 Å². The van der Waals surface area contributed by atoms with Gasteiger partial charge in [0.05, 0.1) is 0 Å². The van der Waals surface area contributed by atoms with Crippen LogP contribution in [0.3, 0.4) is 0 Å². The Balaban J connectivity index is 0.000000463. The van der Waals surface area contributed by atoms with Gasteiger partial charge in [-0.05, 0) is 30.5 Å². The summed E-state index contributed by atoms with van der Waals surface area (Å²) in [5, 5.41) is 11.9. The molecule has 0 aliphatic heterocycles. The lowest BCUT2D eigenvalue weighted by atomic mass is 10.1. The van der Waals surface area contributed by atoms with Gasteiger partial charge in [-0.1, -0.05) is 30.3 Å². The van der Waals surface area contributed by atoms with Gasteiger partial charge in [0.25, 0.3) is 0 Å². The van der Waals surface area contributed by atoms with Crippen LogP contribution >= 0.6 is 0 Å². The van der Waals surface area contributed by atoms with E-state index in [1.807, 2.05) is 18.2 Å². The Labute approximate surface area is 135 Å². The number of anilines is 1. The van der Waals surface area contributed by atoms with Gasteiger partial charge in [0, 0.05) is 24.4 Å². The predicted molar refractivity (Wildman–Crippen MR) is 86.8 cm³/mol. The molecule has 8 heteroatoms. The fraction of sp³-hybridized carbons (Fsp3) is 0.200. The first-order valence-electron chi connectivity index (χ1n) is 6.80. The van der Waals surface area contributed by atoms with Crippen LogP contribution in [-0.2, 0) is 16.8 Å². The lowest BCUT2D eigenvalue weighted by Gasteiger charge is -2.05. The van der Waals surface area contributed by atoms with E-state index in [1.165, 1.54) is 5.56 Å². The minimum absolute atomic E-state index is 0.574. The molecule has 0 heterocycles. The van der Waals surface area contributed by atoms with Crippen molar-refractivity contribution in [2.45, 2.75) is 12.8 Å². The minimum Gasteiger partial charge on any atom is -0.726 e. The van der Waals surface area contributed by atoms with Crippen molar-refractivity contribution in [3.8, 4) is 0 Å². The summed E-state index contributed by atoms with van der Waals surface area (Å²) in [6.45, 7) is 0.935. The normalized spacial score (nSPS) is 10.1. The smallest absolute Gasteiger partial charge is 0.385 e. The molecular formula is C15H17N3O4S. The molecule has 0 radical (unpaired) electrons. The van der Waals surface area contributed by atoms with Gasteiger partial charge in [0.2, 0.25) is 15.8 Å². The third-order valence-corrected chi connectivity index (χ3v) is 2.80. The van der Waals surface area contributed by atoms with E-state index in [0.29, 0.717) is 5.69 Å². The molecular weight excluding hydrogens is 318 g/mol. The van der Waals surface area contributed by atoms with Crippen molar-refractivity contribution in [2.24, 2.45) is 0 Å². The molecule has 2 N–H and O–H groups in total. The monoisotopic (exact) mass is 335 g/mol. The summed E-state index contributed by atoms with van der Waals surface area (Å²) >= 11 is 0. The zero-order chi connectivity index (χ0) is 17.1. The van der Waals surface area contributed by atoms with Crippen LogP contribution in [-0.4, -0.2) is 24.1 Å². The summed E-state index contributed by atoms with van der Waals surface area (Å²) < 4.78 is 32.8. The second-order valence-corrected chi connectivity index (χ2v) is 5.45. The number of benzene rings is 2. The fourth-order valence-electron chi connectivity index (χ4n) is 1.82. The van der Waals surface area contributed by atoms with Gasteiger partial charge in [0.15, 0.2) is 4.98 Å². The molecule has 0 aromatic heterocycles. The van der Waals surface area contributed by atoms with E-state index in [2.05, 4.69) is 34.6 Å². The number of hydrogen-bond donors (Lipinski definition) is 2. The highest BCUT2D eigenvalue weighted by atomic mass is 32.3. The third-order valence-electron chi connectivity index (χ3n) is 2.80. The fourth-order valence-corrected chi connectivity index (χ4v) is 1.82. The van der Waals surface area contributed by atoms with E-state index in [-0.39, 0.29) is 0 Å². The van der Waals surface area contributed by atoms with Crippen molar-refractivity contribution in [1.82, 2.24) is 0 Å². The summed E-state index contributed by atoms with van der Waals surface area (Å²) in [4.78, 5) is 3.12. The molecule has 0 atom stereocenters. The molecule has 2 aromatic carbocycles. The summed E-state index contributed by atoms with van der Waals surface area (Å²) in [6, 6.07) is 17.9. The van der Waals surface area contributed by atoms with Crippen LogP contribution in [0.2, 0.25) is 0 Å². The van der Waals surface area contributed by atoms with E-state index in [0.717, 1.165) is 25.1 Å². The first-order valence-corrected chi connectivity index (χ1v) is 8.16. The number of aryl methyl sites for hydroxylation is 1. The SMILES string of the molecule is N#[N+]c1ccc(NCCCc2ccccc2)cc1.O=S(=O)([O-])O. The Morgan fingerprint density at radius 3 is 2.17 bits per heavy atom. The highest BCUT2D eigenvalue weighted by Crippen LogP contribution is 2.15. The zero-order valence-electron chi connectivity index (χ0n) is 12.3. The second-order valence-electron chi connectivity index (χ2n) is 4.59. The molecule has 7 nitrogen and oxygen atoms in total. The van der Waals surface area contributed by atoms with Crippen LogP contribution in [0.4, 0.5) is 11.4 Å². The van der Waals surface area contributed by atoms with E-state index in [4.69, 9.17) is 22.9 Å². The Kier molecular flexibility index (Phi) is 7.70. The summed E-state index contributed by atoms with van der Waals surface area (Å²) in [7, 11) is -4.92. The van der Waals surface area contributed by atoms with Crippen LogP contribution in [0.5, 0.6) is 0 Å². The Hall–Kier alpha value is -2.47. The van der Waals surface area contributed by atoms with Crippen LogP contribution in [0.15, 0.2) is 54.6 Å². The number of hydrogen-bond acceptors (Lipinski definition) is 5. The molecule has 0 bridgehead atoms. The summed E-state index contributed by atoms with van der Waals surface area (Å²) in [5.41, 5.74) is 2.99. The van der Waals surface area contributed by atoms with Crippen LogP contribution in [0.1, 0.15) is 12.0 Å². The molecule has 23 heavy (non-hydrogen) atoms. The molecule has 0 fully saturated rings. The summed E-state index contributed by atoms with van der Waals surface area (Å²) in [5.74, 6) is 0. The molecule has 0 saturated heterocycles. The van der Waals surface area contributed by atoms with Crippen LogP contribution in [0, 0.1) is 5.39 Å². The van der Waals surface area contributed by atoms with Gasteiger partial charge >= 0.3 is 5.69 Å². The zero-order valence-corrected chi connectivity index (χ0v) is 13.1. The molecule has 0 aliphatic carbocycles. The lowest BCUT2D eigenvalue weighted by molar-refractivity contribution is 0.366. The van der Waals surface area contributed by atoms with Gasteiger partial charge < -0.3 is 9.87 Å². The molecule has 0 saturated carbocycles. The maximum Gasteiger partial charge on any atom is 0.385 e. The van der Waals surface area contributed by atoms with Crippen molar-refractivity contribution in [3.63, 3.8) is 0 Å². The molecule has 2 rings (SSSR count). The second kappa shape index (κ2) is 9.53. The standard InChI is InChI=1S/C15H16N3.H2O4S/c16-18-15-10-8-14(9-11-15)17-12-4-7-13-5-2-1-3-6-13;1-5(2,3)4/h1-3,5-6,8-11,17H,4,7,12H2;(H2,1,2,3,4)/q+1;/p-1. The third kappa shape index (κ3) is 9.97. The molecule has 2 aromatic rings. The van der Waals surface area contributed by atoms with Gasteiger partial charge in [0.1, 0.15) is 0 Å². The number of nitrogens with one attached hydrogen (secondary N) is 1. The van der Waals surface area contributed by atoms with Crippen molar-refractivity contribution >= 4 is 21.8 Å².